The first-order chi connectivity index (χ1) is 12.5. The van der Waals surface area contributed by atoms with Crippen LogP contribution in [0.3, 0.4) is 0 Å². The van der Waals surface area contributed by atoms with E-state index in [2.05, 4.69) is 36.3 Å². The zero-order valence-corrected chi connectivity index (χ0v) is 19.3. The third-order valence-electron chi connectivity index (χ3n) is 4.83. The number of benzene rings is 1. The van der Waals surface area contributed by atoms with Gasteiger partial charge in [-0.2, -0.15) is 0 Å². The van der Waals surface area contributed by atoms with Crippen LogP contribution < -0.4 is 10.6 Å². The lowest BCUT2D eigenvalue weighted by Crippen LogP contribution is -2.49. The third kappa shape index (κ3) is 7.91. The van der Waals surface area contributed by atoms with E-state index in [1.54, 1.807) is 6.07 Å². The minimum atomic E-state index is -0.180. The highest BCUT2D eigenvalue weighted by Crippen LogP contribution is 2.11. The molecular formula is C20H34FIN4O. The van der Waals surface area contributed by atoms with Gasteiger partial charge in [0.25, 0.3) is 0 Å². The van der Waals surface area contributed by atoms with Crippen molar-refractivity contribution in [3.05, 3.63) is 35.1 Å². The summed E-state index contributed by atoms with van der Waals surface area (Å²) in [4.78, 5) is 7.20. The Bertz CT molecular complexity index is 599. The van der Waals surface area contributed by atoms with Crippen molar-refractivity contribution in [2.75, 3.05) is 39.4 Å². The quantitative estimate of drug-likeness (QED) is 0.349. The lowest BCUT2D eigenvalue weighted by atomic mass is 10.1. The summed E-state index contributed by atoms with van der Waals surface area (Å²) in [7, 11) is 0. The van der Waals surface area contributed by atoms with E-state index in [1.165, 1.54) is 6.07 Å². The molecule has 7 heteroatoms. The van der Waals surface area contributed by atoms with Gasteiger partial charge in [0.15, 0.2) is 5.96 Å². The highest BCUT2D eigenvalue weighted by molar-refractivity contribution is 14.0. The van der Waals surface area contributed by atoms with E-state index < -0.39 is 0 Å². The van der Waals surface area contributed by atoms with Crippen molar-refractivity contribution in [1.82, 2.24) is 15.5 Å². The molecule has 0 spiro atoms. The highest BCUT2D eigenvalue weighted by atomic mass is 127. The van der Waals surface area contributed by atoms with Crippen molar-refractivity contribution in [3.8, 4) is 0 Å². The van der Waals surface area contributed by atoms with E-state index in [1.807, 2.05) is 13.0 Å². The second kappa shape index (κ2) is 12.5. The number of ether oxygens (including phenoxy) is 1. The molecule has 0 aromatic heterocycles. The summed E-state index contributed by atoms with van der Waals surface area (Å²) >= 11 is 0. The smallest absolute Gasteiger partial charge is 0.191 e. The van der Waals surface area contributed by atoms with Gasteiger partial charge >= 0.3 is 0 Å². The predicted molar refractivity (Wildman–Crippen MR) is 121 cm³/mol. The summed E-state index contributed by atoms with van der Waals surface area (Å²) in [5.41, 5.74) is 2.15. The van der Waals surface area contributed by atoms with Gasteiger partial charge in [0.1, 0.15) is 5.82 Å². The second-order valence-electron chi connectivity index (χ2n) is 6.98. The van der Waals surface area contributed by atoms with Crippen LogP contribution in [0, 0.1) is 12.7 Å². The summed E-state index contributed by atoms with van der Waals surface area (Å²) < 4.78 is 18.7. The third-order valence-corrected chi connectivity index (χ3v) is 4.83. The molecular weight excluding hydrogens is 458 g/mol. The molecule has 2 unspecified atom stereocenters. The van der Waals surface area contributed by atoms with Crippen LogP contribution in [0.15, 0.2) is 23.2 Å². The van der Waals surface area contributed by atoms with Gasteiger partial charge in [-0.1, -0.05) is 6.07 Å². The molecule has 0 aliphatic carbocycles. The molecule has 2 N–H and O–H groups in total. The van der Waals surface area contributed by atoms with Gasteiger partial charge in [0.05, 0.1) is 19.8 Å². The first kappa shape index (κ1) is 24.1. The van der Waals surface area contributed by atoms with Crippen LogP contribution in [0.1, 0.15) is 31.9 Å². The fourth-order valence-corrected chi connectivity index (χ4v) is 3.32. The van der Waals surface area contributed by atoms with Crippen LogP contribution in [0.2, 0.25) is 0 Å². The number of aryl methyl sites for hydroxylation is 1. The van der Waals surface area contributed by atoms with Gasteiger partial charge in [-0.25, -0.2) is 4.39 Å². The van der Waals surface area contributed by atoms with Crippen molar-refractivity contribution < 1.29 is 9.13 Å². The summed E-state index contributed by atoms with van der Waals surface area (Å²) in [6, 6.07) is 5.78. The Balaban J connectivity index is 0.00000364. The molecule has 5 nitrogen and oxygen atoms in total. The van der Waals surface area contributed by atoms with Crippen LogP contribution in [-0.2, 0) is 11.2 Å². The molecule has 0 radical (unpaired) electrons. The van der Waals surface area contributed by atoms with Crippen molar-refractivity contribution >= 4 is 29.9 Å². The summed E-state index contributed by atoms with van der Waals surface area (Å²) in [5.74, 6) is 0.653. The Morgan fingerprint density at radius 2 is 2.19 bits per heavy atom. The van der Waals surface area contributed by atoms with Crippen molar-refractivity contribution in [2.45, 2.75) is 46.2 Å². The molecule has 0 amide bonds. The standard InChI is InChI=1S/C20H33FN4O.HI/c1-5-22-20(23-9-8-18-6-7-19(21)12-15(18)2)24-13-16(3)25-10-11-26-14-17(25)4;/h6-7,12,16-17H,5,8-11,13-14H2,1-4H3,(H2,22,23,24);1H. The Morgan fingerprint density at radius 1 is 1.41 bits per heavy atom. The normalized spacial score (nSPS) is 19.3. The topological polar surface area (TPSA) is 48.9 Å². The van der Waals surface area contributed by atoms with Gasteiger partial charge < -0.3 is 15.4 Å². The first-order valence-electron chi connectivity index (χ1n) is 9.62. The molecule has 1 fully saturated rings. The van der Waals surface area contributed by atoms with Gasteiger partial charge in [-0.15, -0.1) is 24.0 Å². The van der Waals surface area contributed by atoms with Crippen molar-refractivity contribution in [1.29, 1.82) is 0 Å². The number of hydrogen-bond acceptors (Lipinski definition) is 3. The molecule has 2 rings (SSSR count). The number of nitrogens with one attached hydrogen (secondary N) is 2. The van der Waals surface area contributed by atoms with Gasteiger partial charge in [0, 0.05) is 31.7 Å². The SMILES string of the molecule is CCNC(=NCC(C)N1CCOCC1C)NCCc1ccc(F)cc1C.I. The Kier molecular flexibility index (Phi) is 11.2. The molecule has 154 valence electrons. The van der Waals surface area contributed by atoms with Crippen molar-refractivity contribution in [3.63, 3.8) is 0 Å². The van der Waals surface area contributed by atoms with Crippen LogP contribution in [0.4, 0.5) is 4.39 Å². The maximum absolute atomic E-state index is 13.2. The summed E-state index contributed by atoms with van der Waals surface area (Å²) in [5, 5.41) is 6.68. The van der Waals surface area contributed by atoms with E-state index >= 15 is 0 Å². The van der Waals surface area contributed by atoms with E-state index in [0.717, 1.165) is 62.9 Å². The first-order valence-corrected chi connectivity index (χ1v) is 9.62. The fraction of sp³-hybridized carbons (Fsp3) is 0.650. The van der Waals surface area contributed by atoms with Gasteiger partial charge in [-0.3, -0.25) is 9.89 Å². The lowest BCUT2D eigenvalue weighted by molar-refractivity contribution is -0.0165. The highest BCUT2D eigenvalue weighted by Gasteiger charge is 2.23. The molecule has 1 aromatic rings. The number of rotatable bonds is 7. The number of morpholine rings is 1. The zero-order valence-electron chi connectivity index (χ0n) is 16.9. The average molecular weight is 492 g/mol. The predicted octanol–water partition coefficient (Wildman–Crippen LogP) is 2.96. The van der Waals surface area contributed by atoms with Crippen LogP contribution in [0.25, 0.3) is 0 Å². The van der Waals surface area contributed by atoms with Crippen molar-refractivity contribution in [2.24, 2.45) is 4.99 Å². The van der Waals surface area contributed by atoms with E-state index in [4.69, 9.17) is 9.73 Å². The molecule has 27 heavy (non-hydrogen) atoms. The van der Waals surface area contributed by atoms with Gasteiger partial charge in [-0.05, 0) is 57.4 Å². The monoisotopic (exact) mass is 492 g/mol. The Morgan fingerprint density at radius 3 is 2.85 bits per heavy atom. The number of halogens is 2. The van der Waals surface area contributed by atoms with E-state index in [-0.39, 0.29) is 29.8 Å². The Labute approximate surface area is 180 Å². The molecule has 1 saturated heterocycles. The minimum absolute atomic E-state index is 0. The molecule has 1 aromatic carbocycles. The largest absolute Gasteiger partial charge is 0.379 e. The summed E-state index contributed by atoms with van der Waals surface area (Å²) in [6.45, 7) is 13.3. The maximum Gasteiger partial charge on any atom is 0.191 e. The Hall–Kier alpha value is -0.930. The molecule has 0 bridgehead atoms. The van der Waals surface area contributed by atoms with Crippen LogP contribution in [-0.4, -0.2) is 62.3 Å². The van der Waals surface area contributed by atoms with Gasteiger partial charge in [0.2, 0.25) is 0 Å². The number of guanidine groups is 1. The fourth-order valence-electron chi connectivity index (χ4n) is 3.32. The van der Waals surface area contributed by atoms with E-state index in [9.17, 15) is 4.39 Å². The minimum Gasteiger partial charge on any atom is -0.379 e. The molecule has 0 saturated carbocycles. The maximum atomic E-state index is 13.2. The molecule has 2 atom stereocenters. The van der Waals surface area contributed by atoms with E-state index in [0.29, 0.717) is 12.1 Å². The second-order valence-corrected chi connectivity index (χ2v) is 6.98. The number of nitrogens with zero attached hydrogens (tertiary/aromatic N) is 2. The molecule has 1 aliphatic rings. The lowest BCUT2D eigenvalue weighted by Gasteiger charge is -2.37. The van der Waals surface area contributed by atoms with Crippen LogP contribution in [0.5, 0.6) is 0 Å². The van der Waals surface area contributed by atoms with Crippen LogP contribution >= 0.6 is 24.0 Å². The summed E-state index contributed by atoms with van der Waals surface area (Å²) in [6.07, 6.45) is 0.840. The molecule has 1 aliphatic heterocycles. The number of aliphatic imine (C=N–C) groups is 1. The zero-order chi connectivity index (χ0) is 18.9. The average Bonchev–Trinajstić information content (AvgIpc) is 2.61. The molecule has 1 heterocycles. The number of hydrogen-bond donors (Lipinski definition) is 2.